The van der Waals surface area contributed by atoms with Gasteiger partial charge in [-0.2, -0.15) is 0 Å². The Morgan fingerprint density at radius 1 is 1.04 bits per heavy atom. The van der Waals surface area contributed by atoms with Crippen molar-refractivity contribution in [2.75, 3.05) is 18.0 Å². The van der Waals surface area contributed by atoms with E-state index < -0.39 is 0 Å². The summed E-state index contributed by atoms with van der Waals surface area (Å²) in [6.45, 7) is 2.19. The molecule has 4 rings (SSSR count). The smallest absolute Gasteiger partial charge is 0.223 e. The standard InChI is InChI=1S/C21H22N4O2/c26-21(22-15-16-5-2-1-3-6-16)17-10-12-25(13-11-17)20-9-8-18(23-24-20)19-7-4-14-27-19/h1-9,14,17H,10-13,15H2,(H,22,26). The zero-order valence-corrected chi connectivity index (χ0v) is 15.0. The van der Waals surface area contributed by atoms with Crippen molar-refractivity contribution in [1.82, 2.24) is 15.5 Å². The Hall–Kier alpha value is -3.15. The topological polar surface area (TPSA) is 71.3 Å². The number of carbonyl (C=O) groups is 1. The van der Waals surface area contributed by atoms with Crippen molar-refractivity contribution in [2.24, 2.45) is 5.92 Å². The first-order valence-electron chi connectivity index (χ1n) is 9.24. The van der Waals surface area contributed by atoms with Crippen molar-refractivity contribution in [3.63, 3.8) is 0 Å². The van der Waals surface area contributed by atoms with Crippen LogP contribution in [-0.2, 0) is 11.3 Å². The first kappa shape index (κ1) is 17.3. The lowest BCUT2D eigenvalue weighted by molar-refractivity contribution is -0.125. The van der Waals surface area contributed by atoms with E-state index in [2.05, 4.69) is 20.4 Å². The normalized spacial score (nSPS) is 14.9. The number of nitrogens with zero attached hydrogens (tertiary/aromatic N) is 3. The number of furan rings is 1. The molecule has 1 N–H and O–H groups in total. The van der Waals surface area contributed by atoms with Gasteiger partial charge in [0, 0.05) is 25.6 Å². The van der Waals surface area contributed by atoms with Gasteiger partial charge in [0.25, 0.3) is 0 Å². The minimum atomic E-state index is 0.0558. The van der Waals surface area contributed by atoms with E-state index in [4.69, 9.17) is 4.42 Å². The van der Waals surface area contributed by atoms with E-state index in [1.165, 1.54) is 0 Å². The number of rotatable bonds is 5. The zero-order chi connectivity index (χ0) is 18.5. The Kier molecular flexibility index (Phi) is 5.14. The Bertz CT molecular complexity index is 855. The summed E-state index contributed by atoms with van der Waals surface area (Å²) in [4.78, 5) is 14.6. The Balaban J connectivity index is 1.29. The maximum absolute atomic E-state index is 12.4. The number of anilines is 1. The number of benzene rings is 1. The van der Waals surface area contributed by atoms with E-state index in [0.717, 1.165) is 43.0 Å². The largest absolute Gasteiger partial charge is 0.463 e. The molecule has 0 unspecified atom stereocenters. The second-order valence-electron chi connectivity index (χ2n) is 6.72. The molecular formula is C21H22N4O2. The van der Waals surface area contributed by atoms with Crippen molar-refractivity contribution < 1.29 is 9.21 Å². The van der Waals surface area contributed by atoms with Crippen molar-refractivity contribution in [3.8, 4) is 11.5 Å². The molecule has 1 amide bonds. The molecule has 1 aliphatic rings. The van der Waals surface area contributed by atoms with Crippen LogP contribution in [0.1, 0.15) is 18.4 Å². The molecule has 0 spiro atoms. The average molecular weight is 362 g/mol. The molecule has 3 aromatic rings. The Morgan fingerprint density at radius 3 is 2.52 bits per heavy atom. The molecule has 0 aliphatic carbocycles. The van der Waals surface area contributed by atoms with Crippen molar-refractivity contribution in [3.05, 3.63) is 66.4 Å². The average Bonchev–Trinajstić information content (AvgIpc) is 3.28. The first-order valence-corrected chi connectivity index (χ1v) is 9.24. The van der Waals surface area contributed by atoms with E-state index in [1.807, 2.05) is 54.6 Å². The van der Waals surface area contributed by atoms with Gasteiger partial charge in [-0.15, -0.1) is 10.2 Å². The monoisotopic (exact) mass is 362 g/mol. The van der Waals surface area contributed by atoms with Crippen LogP contribution in [0.25, 0.3) is 11.5 Å². The highest BCUT2D eigenvalue weighted by Gasteiger charge is 2.25. The van der Waals surface area contributed by atoms with Crippen molar-refractivity contribution in [1.29, 1.82) is 0 Å². The van der Waals surface area contributed by atoms with Crippen LogP contribution in [0.3, 0.4) is 0 Å². The third-order valence-electron chi connectivity index (χ3n) is 4.92. The summed E-state index contributed by atoms with van der Waals surface area (Å²) in [6, 6.07) is 17.6. The number of aromatic nitrogens is 2. The van der Waals surface area contributed by atoms with Gasteiger partial charge in [-0.05, 0) is 42.7 Å². The summed E-state index contributed by atoms with van der Waals surface area (Å²) >= 11 is 0. The molecule has 0 atom stereocenters. The van der Waals surface area contributed by atoms with Crippen LogP contribution >= 0.6 is 0 Å². The molecule has 0 saturated carbocycles. The van der Waals surface area contributed by atoms with E-state index >= 15 is 0 Å². The van der Waals surface area contributed by atoms with Gasteiger partial charge >= 0.3 is 0 Å². The summed E-state index contributed by atoms with van der Waals surface area (Å²) in [5.41, 5.74) is 1.84. The predicted molar refractivity (Wildman–Crippen MR) is 103 cm³/mol. The van der Waals surface area contributed by atoms with Crippen LogP contribution < -0.4 is 10.2 Å². The molecule has 0 radical (unpaired) electrons. The lowest BCUT2D eigenvalue weighted by Gasteiger charge is -2.31. The third kappa shape index (κ3) is 4.16. The molecule has 6 nitrogen and oxygen atoms in total. The molecule has 2 aromatic heterocycles. The summed E-state index contributed by atoms with van der Waals surface area (Å²) in [5.74, 6) is 1.74. The van der Waals surface area contributed by atoms with Gasteiger partial charge in [-0.1, -0.05) is 30.3 Å². The van der Waals surface area contributed by atoms with Crippen LogP contribution in [0.4, 0.5) is 5.82 Å². The minimum Gasteiger partial charge on any atom is -0.463 e. The second kappa shape index (κ2) is 8.03. The summed E-state index contributed by atoms with van der Waals surface area (Å²) < 4.78 is 5.34. The van der Waals surface area contributed by atoms with Gasteiger partial charge in [-0.3, -0.25) is 4.79 Å². The van der Waals surface area contributed by atoms with Gasteiger partial charge in [-0.25, -0.2) is 0 Å². The fourth-order valence-corrected chi connectivity index (χ4v) is 3.35. The molecule has 27 heavy (non-hydrogen) atoms. The lowest BCUT2D eigenvalue weighted by Crippen LogP contribution is -2.40. The number of hydrogen-bond acceptors (Lipinski definition) is 5. The Morgan fingerprint density at radius 2 is 1.85 bits per heavy atom. The van der Waals surface area contributed by atoms with Crippen LogP contribution in [0.5, 0.6) is 0 Å². The van der Waals surface area contributed by atoms with Gasteiger partial charge in [0.15, 0.2) is 11.6 Å². The molecule has 1 fully saturated rings. The molecule has 1 saturated heterocycles. The molecular weight excluding hydrogens is 340 g/mol. The highest BCUT2D eigenvalue weighted by atomic mass is 16.3. The molecule has 1 aliphatic heterocycles. The quantitative estimate of drug-likeness (QED) is 0.754. The van der Waals surface area contributed by atoms with Crippen molar-refractivity contribution in [2.45, 2.75) is 19.4 Å². The molecule has 0 bridgehead atoms. The van der Waals surface area contributed by atoms with Gasteiger partial charge < -0.3 is 14.6 Å². The maximum atomic E-state index is 12.4. The first-order chi connectivity index (χ1) is 13.3. The predicted octanol–water partition coefficient (Wildman–Crippen LogP) is 3.27. The number of amides is 1. The van der Waals surface area contributed by atoms with Crippen LogP contribution in [0.2, 0.25) is 0 Å². The summed E-state index contributed by atoms with van der Waals surface area (Å²) in [5, 5.41) is 11.6. The number of carbonyl (C=O) groups excluding carboxylic acids is 1. The number of nitrogens with one attached hydrogen (secondary N) is 1. The van der Waals surface area contributed by atoms with E-state index in [9.17, 15) is 4.79 Å². The summed E-state index contributed by atoms with van der Waals surface area (Å²) in [7, 11) is 0. The molecule has 1 aromatic carbocycles. The van der Waals surface area contributed by atoms with Crippen LogP contribution in [0, 0.1) is 5.92 Å². The summed E-state index contributed by atoms with van der Waals surface area (Å²) in [6.07, 6.45) is 3.27. The number of piperidine rings is 1. The minimum absolute atomic E-state index is 0.0558. The fourth-order valence-electron chi connectivity index (χ4n) is 3.35. The van der Waals surface area contributed by atoms with Gasteiger partial charge in [0.1, 0.15) is 5.69 Å². The van der Waals surface area contributed by atoms with E-state index in [1.54, 1.807) is 6.26 Å². The molecule has 138 valence electrons. The molecule has 3 heterocycles. The van der Waals surface area contributed by atoms with Crippen molar-refractivity contribution >= 4 is 11.7 Å². The lowest BCUT2D eigenvalue weighted by atomic mass is 9.96. The van der Waals surface area contributed by atoms with Crippen LogP contribution in [0.15, 0.2) is 65.3 Å². The maximum Gasteiger partial charge on any atom is 0.223 e. The highest BCUT2D eigenvalue weighted by Crippen LogP contribution is 2.23. The molecule has 6 heteroatoms. The highest BCUT2D eigenvalue weighted by molar-refractivity contribution is 5.79. The SMILES string of the molecule is O=C(NCc1ccccc1)C1CCN(c2ccc(-c3ccco3)nn2)CC1. The van der Waals surface area contributed by atoms with Crippen LogP contribution in [-0.4, -0.2) is 29.2 Å². The van der Waals surface area contributed by atoms with Gasteiger partial charge in [0.05, 0.1) is 6.26 Å². The zero-order valence-electron chi connectivity index (χ0n) is 15.0. The van der Waals surface area contributed by atoms with E-state index in [0.29, 0.717) is 12.3 Å². The van der Waals surface area contributed by atoms with E-state index in [-0.39, 0.29) is 11.8 Å². The Labute approximate surface area is 158 Å². The van der Waals surface area contributed by atoms with Gasteiger partial charge in [0.2, 0.25) is 5.91 Å². The third-order valence-corrected chi connectivity index (χ3v) is 4.92. The number of hydrogen-bond donors (Lipinski definition) is 1. The second-order valence-corrected chi connectivity index (χ2v) is 6.72. The fraction of sp³-hybridized carbons (Fsp3) is 0.286.